The highest BCUT2D eigenvalue weighted by atomic mass is 14.9. The Morgan fingerprint density at radius 3 is 2.67 bits per heavy atom. The fourth-order valence-corrected chi connectivity index (χ4v) is 2.35. The molecule has 1 heterocycles. The number of nitrogens with one attached hydrogen (secondary N) is 1. The van der Waals surface area contributed by atoms with Crippen molar-refractivity contribution in [2.45, 2.75) is 13.5 Å². The van der Waals surface area contributed by atoms with Crippen LogP contribution in [0.1, 0.15) is 16.8 Å². The van der Waals surface area contributed by atoms with Crippen molar-refractivity contribution in [3.63, 3.8) is 0 Å². The molecular formula is C18H15N3. The predicted molar refractivity (Wildman–Crippen MR) is 85.0 cm³/mol. The van der Waals surface area contributed by atoms with Crippen LogP contribution in [-0.4, -0.2) is 4.98 Å². The van der Waals surface area contributed by atoms with Crippen molar-refractivity contribution in [1.29, 1.82) is 5.26 Å². The number of para-hydroxylation sites is 1. The fraction of sp³-hybridized carbons (Fsp3) is 0.111. The lowest BCUT2D eigenvalue weighted by Gasteiger charge is -2.11. The van der Waals surface area contributed by atoms with Crippen LogP contribution < -0.4 is 5.32 Å². The van der Waals surface area contributed by atoms with Crippen LogP contribution in [0, 0.1) is 18.3 Å². The first kappa shape index (κ1) is 13.1. The Morgan fingerprint density at radius 2 is 1.90 bits per heavy atom. The summed E-state index contributed by atoms with van der Waals surface area (Å²) in [6.07, 6.45) is 0. The van der Waals surface area contributed by atoms with E-state index in [0.29, 0.717) is 5.56 Å². The van der Waals surface area contributed by atoms with E-state index in [0.717, 1.165) is 28.8 Å². The van der Waals surface area contributed by atoms with Crippen LogP contribution in [0.5, 0.6) is 0 Å². The summed E-state index contributed by atoms with van der Waals surface area (Å²) in [6.45, 7) is 2.72. The van der Waals surface area contributed by atoms with Crippen LogP contribution >= 0.6 is 0 Å². The third kappa shape index (κ3) is 2.70. The maximum absolute atomic E-state index is 9.14. The van der Waals surface area contributed by atoms with Gasteiger partial charge in [-0.15, -0.1) is 0 Å². The Labute approximate surface area is 123 Å². The smallest absolute Gasteiger partial charge is 0.101 e. The molecule has 3 rings (SSSR count). The van der Waals surface area contributed by atoms with Crippen LogP contribution in [0.2, 0.25) is 0 Å². The molecule has 0 spiro atoms. The number of nitriles is 1. The standard InChI is InChI=1S/C18H15N3/c1-13-17(20-12-14-6-3-2-4-7-14)10-15-8-5-9-16(11-19)18(15)21-13/h2-10,20H,12H2,1H3. The van der Waals surface area contributed by atoms with Crippen LogP contribution in [0.15, 0.2) is 54.6 Å². The lowest BCUT2D eigenvalue weighted by Crippen LogP contribution is -2.02. The van der Waals surface area contributed by atoms with Gasteiger partial charge in [0, 0.05) is 11.9 Å². The van der Waals surface area contributed by atoms with Gasteiger partial charge < -0.3 is 5.32 Å². The summed E-state index contributed by atoms with van der Waals surface area (Å²) in [5, 5.41) is 13.5. The number of hydrogen-bond acceptors (Lipinski definition) is 3. The summed E-state index contributed by atoms with van der Waals surface area (Å²) < 4.78 is 0. The number of anilines is 1. The van der Waals surface area contributed by atoms with E-state index in [2.05, 4.69) is 34.6 Å². The summed E-state index contributed by atoms with van der Waals surface area (Å²) in [4.78, 5) is 4.57. The highest BCUT2D eigenvalue weighted by Gasteiger charge is 2.06. The minimum Gasteiger partial charge on any atom is -0.379 e. The van der Waals surface area contributed by atoms with Gasteiger partial charge in [-0.2, -0.15) is 5.26 Å². The third-order valence-corrected chi connectivity index (χ3v) is 3.48. The van der Waals surface area contributed by atoms with E-state index in [4.69, 9.17) is 5.26 Å². The van der Waals surface area contributed by atoms with E-state index in [1.54, 1.807) is 6.07 Å². The first-order valence-corrected chi connectivity index (χ1v) is 6.86. The fourth-order valence-electron chi connectivity index (χ4n) is 2.35. The van der Waals surface area contributed by atoms with Gasteiger partial charge in [-0.1, -0.05) is 42.5 Å². The summed E-state index contributed by atoms with van der Waals surface area (Å²) in [6, 6.07) is 20.2. The SMILES string of the molecule is Cc1nc2c(C#N)cccc2cc1NCc1ccccc1. The van der Waals surface area contributed by atoms with Crippen molar-refractivity contribution in [2.75, 3.05) is 5.32 Å². The van der Waals surface area contributed by atoms with Gasteiger partial charge in [0.1, 0.15) is 6.07 Å². The normalized spacial score (nSPS) is 10.3. The average molecular weight is 273 g/mol. The quantitative estimate of drug-likeness (QED) is 0.783. The van der Waals surface area contributed by atoms with Crippen LogP contribution in [0.4, 0.5) is 5.69 Å². The molecule has 3 nitrogen and oxygen atoms in total. The molecule has 2 aromatic carbocycles. The molecule has 0 aliphatic heterocycles. The van der Waals surface area contributed by atoms with Gasteiger partial charge in [-0.3, -0.25) is 0 Å². The van der Waals surface area contributed by atoms with Gasteiger partial charge in [0.05, 0.1) is 22.5 Å². The second kappa shape index (κ2) is 5.64. The van der Waals surface area contributed by atoms with Gasteiger partial charge in [0.15, 0.2) is 0 Å². The second-order valence-corrected chi connectivity index (χ2v) is 4.95. The molecule has 0 saturated carbocycles. The molecular weight excluding hydrogens is 258 g/mol. The zero-order chi connectivity index (χ0) is 14.7. The molecule has 0 aliphatic carbocycles. The number of fused-ring (bicyclic) bond motifs is 1. The average Bonchev–Trinajstić information content (AvgIpc) is 2.53. The molecule has 1 aromatic heterocycles. The molecule has 21 heavy (non-hydrogen) atoms. The molecule has 1 N–H and O–H groups in total. The molecule has 0 radical (unpaired) electrons. The number of rotatable bonds is 3. The topological polar surface area (TPSA) is 48.7 Å². The van der Waals surface area contributed by atoms with E-state index in [-0.39, 0.29) is 0 Å². The third-order valence-electron chi connectivity index (χ3n) is 3.48. The van der Waals surface area contributed by atoms with E-state index in [1.165, 1.54) is 5.56 Å². The van der Waals surface area contributed by atoms with Crippen molar-refractivity contribution >= 4 is 16.6 Å². The van der Waals surface area contributed by atoms with Crippen LogP contribution in [0.25, 0.3) is 10.9 Å². The second-order valence-electron chi connectivity index (χ2n) is 4.95. The number of nitrogens with zero attached hydrogens (tertiary/aromatic N) is 2. The lowest BCUT2D eigenvalue weighted by atomic mass is 10.1. The number of hydrogen-bond donors (Lipinski definition) is 1. The number of pyridine rings is 1. The number of aromatic nitrogens is 1. The van der Waals surface area contributed by atoms with Gasteiger partial charge in [-0.25, -0.2) is 4.98 Å². The molecule has 3 heteroatoms. The molecule has 0 atom stereocenters. The zero-order valence-corrected chi connectivity index (χ0v) is 11.8. The Bertz CT molecular complexity index is 817. The molecule has 0 bridgehead atoms. The number of benzene rings is 2. The van der Waals surface area contributed by atoms with E-state index in [9.17, 15) is 0 Å². The minimum absolute atomic E-state index is 0.616. The van der Waals surface area contributed by atoms with Crippen molar-refractivity contribution < 1.29 is 0 Å². The van der Waals surface area contributed by atoms with Crippen molar-refractivity contribution in [2.24, 2.45) is 0 Å². The maximum Gasteiger partial charge on any atom is 0.101 e. The molecule has 0 fully saturated rings. The summed E-state index contributed by atoms with van der Waals surface area (Å²) in [5.41, 5.74) is 4.51. The van der Waals surface area contributed by atoms with E-state index in [1.807, 2.05) is 37.3 Å². The van der Waals surface area contributed by atoms with Gasteiger partial charge >= 0.3 is 0 Å². The van der Waals surface area contributed by atoms with Gasteiger partial charge in [0.2, 0.25) is 0 Å². The highest BCUT2D eigenvalue weighted by molar-refractivity contribution is 5.87. The van der Waals surface area contributed by atoms with Gasteiger partial charge in [0.25, 0.3) is 0 Å². The monoisotopic (exact) mass is 273 g/mol. The number of aryl methyl sites for hydroxylation is 1. The van der Waals surface area contributed by atoms with Crippen LogP contribution in [-0.2, 0) is 6.54 Å². The largest absolute Gasteiger partial charge is 0.379 e. The Hall–Kier alpha value is -2.86. The maximum atomic E-state index is 9.14. The summed E-state index contributed by atoms with van der Waals surface area (Å²) >= 11 is 0. The van der Waals surface area contributed by atoms with Gasteiger partial charge in [-0.05, 0) is 24.6 Å². The molecule has 3 aromatic rings. The molecule has 0 amide bonds. The van der Waals surface area contributed by atoms with Crippen LogP contribution in [0.3, 0.4) is 0 Å². The Morgan fingerprint density at radius 1 is 1.10 bits per heavy atom. The zero-order valence-electron chi connectivity index (χ0n) is 11.8. The molecule has 0 unspecified atom stereocenters. The highest BCUT2D eigenvalue weighted by Crippen LogP contribution is 2.23. The molecule has 0 aliphatic rings. The Balaban J connectivity index is 1.93. The lowest BCUT2D eigenvalue weighted by molar-refractivity contribution is 1.12. The van der Waals surface area contributed by atoms with E-state index >= 15 is 0 Å². The van der Waals surface area contributed by atoms with Crippen molar-refractivity contribution in [1.82, 2.24) is 4.98 Å². The van der Waals surface area contributed by atoms with Crippen molar-refractivity contribution in [3.8, 4) is 6.07 Å². The minimum atomic E-state index is 0.616. The van der Waals surface area contributed by atoms with Crippen molar-refractivity contribution in [3.05, 3.63) is 71.4 Å². The molecule has 0 saturated heterocycles. The van der Waals surface area contributed by atoms with E-state index < -0.39 is 0 Å². The Kier molecular flexibility index (Phi) is 3.53. The summed E-state index contributed by atoms with van der Waals surface area (Å²) in [7, 11) is 0. The first-order chi connectivity index (χ1) is 10.3. The predicted octanol–water partition coefficient (Wildman–Crippen LogP) is 4.03. The summed E-state index contributed by atoms with van der Waals surface area (Å²) in [5.74, 6) is 0. The molecule has 102 valence electrons. The first-order valence-electron chi connectivity index (χ1n) is 6.86.